The third-order valence-electron chi connectivity index (χ3n) is 5.46. The number of rotatable bonds is 4. The van der Waals surface area contributed by atoms with Crippen LogP contribution in [0.25, 0.3) is 22.5 Å². The summed E-state index contributed by atoms with van der Waals surface area (Å²) < 4.78 is 19.4. The Morgan fingerprint density at radius 3 is 3.00 bits per heavy atom. The minimum atomic E-state index is -0.261. The Morgan fingerprint density at radius 1 is 1.24 bits per heavy atom. The topological polar surface area (TPSA) is 58.0 Å². The molecule has 1 saturated heterocycles. The highest BCUT2D eigenvalue weighted by Crippen LogP contribution is 2.34. The van der Waals surface area contributed by atoms with E-state index in [1.54, 1.807) is 6.07 Å². The fourth-order valence-corrected chi connectivity index (χ4v) is 4.19. The molecule has 148 valence electrons. The van der Waals surface area contributed by atoms with Crippen LogP contribution in [0.1, 0.15) is 36.2 Å². The predicted octanol–water partition coefficient (Wildman–Crippen LogP) is 5.66. The lowest BCUT2D eigenvalue weighted by molar-refractivity contribution is 0.237. The fraction of sp³-hybridized carbons (Fsp3) is 0.273. The number of aromatic nitrogens is 3. The second-order valence-electron chi connectivity index (χ2n) is 7.44. The van der Waals surface area contributed by atoms with Crippen molar-refractivity contribution in [2.24, 2.45) is 0 Å². The van der Waals surface area contributed by atoms with Crippen LogP contribution < -0.4 is 0 Å². The Balaban J connectivity index is 1.40. The van der Waals surface area contributed by atoms with Gasteiger partial charge in [-0.25, -0.2) is 14.4 Å². The number of hydrogen-bond acceptors (Lipinski definition) is 4. The molecule has 0 spiro atoms. The summed E-state index contributed by atoms with van der Waals surface area (Å²) in [6.07, 6.45) is 2.08. The van der Waals surface area contributed by atoms with Crippen molar-refractivity contribution in [2.45, 2.75) is 32.4 Å². The van der Waals surface area contributed by atoms with Gasteiger partial charge < -0.3 is 9.40 Å². The molecule has 1 aliphatic heterocycles. The molecule has 1 N–H and O–H groups in total. The minimum Gasteiger partial charge on any atom is -0.441 e. The van der Waals surface area contributed by atoms with Crippen molar-refractivity contribution in [1.29, 1.82) is 0 Å². The van der Waals surface area contributed by atoms with Gasteiger partial charge >= 0.3 is 0 Å². The van der Waals surface area contributed by atoms with Crippen LogP contribution in [0.15, 0.2) is 46.9 Å². The van der Waals surface area contributed by atoms with Crippen LogP contribution in [0.2, 0.25) is 5.02 Å². The lowest BCUT2D eigenvalue weighted by atomic mass is 10.2. The summed E-state index contributed by atoms with van der Waals surface area (Å²) in [6.45, 7) is 3.56. The zero-order chi connectivity index (χ0) is 20.0. The van der Waals surface area contributed by atoms with Gasteiger partial charge in [-0.3, -0.25) is 4.90 Å². The van der Waals surface area contributed by atoms with Gasteiger partial charge in [0.15, 0.2) is 0 Å². The van der Waals surface area contributed by atoms with Gasteiger partial charge in [-0.2, -0.15) is 0 Å². The third kappa shape index (κ3) is 3.54. The number of oxazole rings is 1. The van der Waals surface area contributed by atoms with Crippen molar-refractivity contribution in [3.8, 4) is 11.5 Å². The molecule has 1 aliphatic rings. The van der Waals surface area contributed by atoms with Crippen LogP contribution in [-0.4, -0.2) is 26.4 Å². The lowest BCUT2D eigenvalue weighted by Gasteiger charge is -2.21. The molecular formula is C22H20ClFN4O. The first-order valence-corrected chi connectivity index (χ1v) is 10.1. The number of aryl methyl sites for hydroxylation is 1. The first-order valence-electron chi connectivity index (χ1n) is 9.68. The summed E-state index contributed by atoms with van der Waals surface area (Å²) >= 11 is 6.10. The highest BCUT2D eigenvalue weighted by atomic mass is 35.5. The molecule has 5 rings (SSSR count). The maximum atomic E-state index is 13.5. The average molecular weight is 411 g/mol. The first kappa shape index (κ1) is 18.3. The zero-order valence-electron chi connectivity index (χ0n) is 16.0. The van der Waals surface area contributed by atoms with E-state index in [9.17, 15) is 4.39 Å². The number of likely N-dealkylation sites (tertiary alicyclic amines) is 1. The largest absolute Gasteiger partial charge is 0.441 e. The van der Waals surface area contributed by atoms with E-state index >= 15 is 0 Å². The molecule has 5 nitrogen and oxygen atoms in total. The van der Waals surface area contributed by atoms with Crippen LogP contribution in [0.5, 0.6) is 0 Å². The summed E-state index contributed by atoms with van der Waals surface area (Å²) in [7, 11) is 0. The fourth-order valence-electron chi connectivity index (χ4n) is 4.00. The van der Waals surface area contributed by atoms with E-state index in [2.05, 4.69) is 9.88 Å². The summed E-state index contributed by atoms with van der Waals surface area (Å²) in [5.74, 6) is 1.99. The highest BCUT2D eigenvalue weighted by Gasteiger charge is 2.30. The predicted molar refractivity (Wildman–Crippen MR) is 110 cm³/mol. The highest BCUT2D eigenvalue weighted by molar-refractivity contribution is 6.30. The van der Waals surface area contributed by atoms with E-state index in [1.807, 2.05) is 31.2 Å². The average Bonchev–Trinajstić information content (AvgIpc) is 3.40. The Labute approximate surface area is 172 Å². The monoisotopic (exact) mass is 410 g/mol. The van der Waals surface area contributed by atoms with Crippen LogP contribution in [-0.2, 0) is 6.54 Å². The second kappa shape index (κ2) is 7.28. The summed E-state index contributed by atoms with van der Waals surface area (Å²) in [6, 6.07) is 12.3. The molecule has 0 bridgehead atoms. The van der Waals surface area contributed by atoms with Crippen LogP contribution in [0, 0.1) is 12.7 Å². The normalized spacial score (nSPS) is 17.4. The Morgan fingerprint density at radius 2 is 2.14 bits per heavy atom. The van der Waals surface area contributed by atoms with Crippen molar-refractivity contribution in [2.75, 3.05) is 6.54 Å². The minimum absolute atomic E-state index is 0.149. The zero-order valence-corrected chi connectivity index (χ0v) is 16.7. The molecule has 2 aromatic heterocycles. The third-order valence-corrected chi connectivity index (χ3v) is 5.69. The van der Waals surface area contributed by atoms with Gasteiger partial charge in [-0.15, -0.1) is 0 Å². The van der Waals surface area contributed by atoms with Gasteiger partial charge in [-0.05, 0) is 62.7 Å². The quantitative estimate of drug-likeness (QED) is 0.472. The molecule has 2 aromatic carbocycles. The summed E-state index contributed by atoms with van der Waals surface area (Å²) in [4.78, 5) is 15.1. The van der Waals surface area contributed by atoms with Crippen molar-refractivity contribution >= 4 is 22.6 Å². The van der Waals surface area contributed by atoms with E-state index in [1.165, 1.54) is 12.1 Å². The van der Waals surface area contributed by atoms with E-state index in [-0.39, 0.29) is 11.9 Å². The van der Waals surface area contributed by atoms with Gasteiger partial charge in [-0.1, -0.05) is 17.7 Å². The molecule has 4 aromatic rings. The van der Waals surface area contributed by atoms with Gasteiger partial charge in [0.05, 0.1) is 22.8 Å². The SMILES string of the molecule is Cc1oc(-c2cccc(Cl)c2)nc1CN1CCC[C@@H]1c1nc2ccc(F)cc2[nH]1. The number of halogens is 2. The number of H-pyrrole nitrogens is 1. The molecule has 7 heteroatoms. The summed E-state index contributed by atoms with van der Waals surface area (Å²) in [5.41, 5.74) is 3.29. The van der Waals surface area contributed by atoms with E-state index in [4.69, 9.17) is 26.0 Å². The number of imidazole rings is 1. The number of nitrogens with one attached hydrogen (secondary N) is 1. The Kier molecular flexibility index (Phi) is 4.60. The standard InChI is InChI=1S/C22H20ClFN4O/c1-13-19(27-22(29-13)14-4-2-5-15(23)10-14)12-28-9-3-6-20(28)21-25-17-8-7-16(24)11-18(17)26-21/h2,4-5,7-8,10-11,20H,3,6,9,12H2,1H3,(H,25,26)/t20-/m1/s1. The van der Waals surface area contributed by atoms with Crippen LogP contribution in [0.3, 0.4) is 0 Å². The van der Waals surface area contributed by atoms with E-state index in [0.29, 0.717) is 17.5 Å². The number of fused-ring (bicyclic) bond motifs is 1. The van der Waals surface area contributed by atoms with E-state index < -0.39 is 0 Å². The molecule has 29 heavy (non-hydrogen) atoms. The van der Waals surface area contributed by atoms with Crippen molar-refractivity contribution in [3.05, 3.63) is 70.6 Å². The van der Waals surface area contributed by atoms with Crippen molar-refractivity contribution in [1.82, 2.24) is 19.9 Å². The molecular weight excluding hydrogens is 391 g/mol. The number of aromatic amines is 1. The van der Waals surface area contributed by atoms with E-state index in [0.717, 1.165) is 53.3 Å². The Hall–Kier alpha value is -2.70. The van der Waals surface area contributed by atoms with Gasteiger partial charge in [0.1, 0.15) is 17.4 Å². The maximum Gasteiger partial charge on any atom is 0.226 e. The van der Waals surface area contributed by atoms with Crippen molar-refractivity contribution < 1.29 is 8.81 Å². The molecule has 1 atom stereocenters. The molecule has 3 heterocycles. The van der Waals surface area contributed by atoms with Gasteiger partial charge in [0.2, 0.25) is 5.89 Å². The maximum absolute atomic E-state index is 13.5. The van der Waals surface area contributed by atoms with Gasteiger partial charge in [0.25, 0.3) is 0 Å². The molecule has 0 amide bonds. The molecule has 0 radical (unpaired) electrons. The molecule has 0 saturated carbocycles. The smallest absolute Gasteiger partial charge is 0.226 e. The van der Waals surface area contributed by atoms with Crippen molar-refractivity contribution in [3.63, 3.8) is 0 Å². The number of nitrogens with zero attached hydrogens (tertiary/aromatic N) is 3. The van der Waals surface area contributed by atoms with Crippen LogP contribution >= 0.6 is 11.6 Å². The lowest BCUT2D eigenvalue weighted by Crippen LogP contribution is -2.24. The molecule has 0 unspecified atom stereocenters. The van der Waals surface area contributed by atoms with Gasteiger partial charge in [0, 0.05) is 17.1 Å². The first-order chi connectivity index (χ1) is 14.1. The summed E-state index contributed by atoms with van der Waals surface area (Å²) in [5, 5.41) is 0.654. The van der Waals surface area contributed by atoms with Crippen LogP contribution in [0.4, 0.5) is 4.39 Å². The second-order valence-corrected chi connectivity index (χ2v) is 7.88. The Bertz CT molecular complexity index is 1180. The number of hydrogen-bond donors (Lipinski definition) is 1. The number of benzene rings is 2. The molecule has 1 fully saturated rings. The molecule has 0 aliphatic carbocycles.